The summed E-state index contributed by atoms with van der Waals surface area (Å²) in [6, 6.07) is 21.2. The Morgan fingerprint density at radius 3 is 2.36 bits per heavy atom. The Kier molecular flexibility index (Phi) is 6.50. The van der Waals surface area contributed by atoms with Gasteiger partial charge in [0.05, 0.1) is 17.8 Å². The molecule has 0 bridgehead atoms. The molecule has 4 rings (SSSR count). The third-order valence-corrected chi connectivity index (χ3v) is 5.10. The van der Waals surface area contributed by atoms with Crippen LogP contribution in [0.15, 0.2) is 94.6 Å². The van der Waals surface area contributed by atoms with E-state index >= 15 is 0 Å². The molecule has 0 fully saturated rings. The van der Waals surface area contributed by atoms with Crippen molar-refractivity contribution < 1.29 is 19.1 Å². The molecule has 1 N–H and O–H groups in total. The van der Waals surface area contributed by atoms with E-state index in [4.69, 9.17) is 4.74 Å². The van der Waals surface area contributed by atoms with E-state index in [2.05, 4.69) is 15.3 Å². The first-order valence-corrected chi connectivity index (χ1v) is 10.4. The fourth-order valence-corrected chi connectivity index (χ4v) is 3.32. The van der Waals surface area contributed by atoms with Crippen molar-refractivity contribution in [3.63, 3.8) is 0 Å². The van der Waals surface area contributed by atoms with Gasteiger partial charge in [0.25, 0.3) is 11.8 Å². The molecule has 0 aliphatic carbocycles. The minimum atomic E-state index is -0.633. The number of ether oxygens (including phenoxy) is 1. The Bertz CT molecular complexity index is 1360. The van der Waals surface area contributed by atoms with E-state index < -0.39 is 5.91 Å². The van der Waals surface area contributed by atoms with Gasteiger partial charge in [-0.25, -0.2) is 9.98 Å². The summed E-state index contributed by atoms with van der Waals surface area (Å²) in [5, 5.41) is 3.58. The number of carbonyl (C=O) groups excluding carboxylic acids is 3. The van der Waals surface area contributed by atoms with Gasteiger partial charge in [-0.1, -0.05) is 30.3 Å². The van der Waals surface area contributed by atoms with Crippen LogP contribution in [-0.4, -0.2) is 31.3 Å². The van der Waals surface area contributed by atoms with E-state index in [0.717, 1.165) is 5.56 Å². The molecular formula is C26H21N3O4. The zero-order chi connectivity index (χ0) is 23.2. The van der Waals surface area contributed by atoms with Crippen molar-refractivity contribution in [3.8, 4) is 5.75 Å². The van der Waals surface area contributed by atoms with Gasteiger partial charge < -0.3 is 10.1 Å². The van der Waals surface area contributed by atoms with Gasteiger partial charge in [0.2, 0.25) is 0 Å². The maximum Gasteiger partial charge on any atom is 0.296 e. The number of nitrogens with zero attached hydrogens (tertiary/aromatic N) is 2. The average molecular weight is 439 g/mol. The number of fused-ring (bicyclic) bond motifs is 1. The molecule has 1 aliphatic heterocycles. The molecule has 164 valence electrons. The van der Waals surface area contributed by atoms with Gasteiger partial charge in [-0.05, 0) is 54.4 Å². The molecule has 0 saturated heterocycles. The summed E-state index contributed by atoms with van der Waals surface area (Å²) in [5.41, 5.74) is 1.87. The van der Waals surface area contributed by atoms with Crippen LogP contribution in [0.25, 0.3) is 0 Å². The summed E-state index contributed by atoms with van der Waals surface area (Å²) in [6.07, 6.45) is 1.88. The lowest BCUT2D eigenvalue weighted by Gasteiger charge is -2.07. The third-order valence-electron chi connectivity index (χ3n) is 5.10. The molecule has 3 aromatic rings. The standard InChI is InChI=1S/C26H21N3O4/c1-33-20-10-7-18(8-11-20)24(30)16-23-26(32)29-22-15-19(9-12-21(22)28-23)25(31)27-14-13-17-5-3-2-4-6-17/h2-12,15-16H,13-14H2,1H3,(H,27,31)/b23-16-. The third kappa shape index (κ3) is 5.27. The summed E-state index contributed by atoms with van der Waals surface area (Å²) < 4.78 is 5.08. The second-order valence-electron chi connectivity index (χ2n) is 7.35. The SMILES string of the molecule is COc1ccc(C(=O)/C=C2\N=c3ccc(C(=O)NCCc4ccccc4)cc3=NC2=O)cc1. The Balaban J connectivity index is 1.48. The van der Waals surface area contributed by atoms with Crippen molar-refractivity contribution in [3.05, 3.63) is 112 Å². The number of carbonyl (C=O) groups is 3. The summed E-state index contributed by atoms with van der Waals surface area (Å²) in [6.45, 7) is 0.487. The van der Waals surface area contributed by atoms with Crippen LogP contribution in [0, 0.1) is 0 Å². The molecule has 0 aromatic heterocycles. The summed E-state index contributed by atoms with van der Waals surface area (Å²) in [7, 11) is 1.54. The Labute approximate surface area is 190 Å². The predicted molar refractivity (Wildman–Crippen MR) is 122 cm³/mol. The highest BCUT2D eigenvalue weighted by Gasteiger charge is 2.16. The number of rotatable bonds is 7. The van der Waals surface area contributed by atoms with Gasteiger partial charge in [-0.3, -0.25) is 14.4 Å². The first-order valence-electron chi connectivity index (χ1n) is 10.4. The lowest BCUT2D eigenvalue weighted by molar-refractivity contribution is -0.114. The number of amides is 2. The van der Waals surface area contributed by atoms with Crippen LogP contribution in [0.5, 0.6) is 5.75 Å². The van der Waals surface area contributed by atoms with Crippen molar-refractivity contribution in [2.45, 2.75) is 6.42 Å². The van der Waals surface area contributed by atoms with Gasteiger partial charge in [-0.2, -0.15) is 0 Å². The second-order valence-corrected chi connectivity index (χ2v) is 7.35. The van der Waals surface area contributed by atoms with Crippen LogP contribution in [0.4, 0.5) is 0 Å². The second kappa shape index (κ2) is 9.82. The fraction of sp³-hybridized carbons (Fsp3) is 0.115. The molecule has 0 radical (unpaired) electrons. The van der Waals surface area contributed by atoms with Crippen molar-refractivity contribution in [1.29, 1.82) is 0 Å². The average Bonchev–Trinajstić information content (AvgIpc) is 2.84. The van der Waals surface area contributed by atoms with Crippen LogP contribution in [0.1, 0.15) is 26.3 Å². The molecule has 1 aliphatic rings. The molecule has 3 aromatic carbocycles. The van der Waals surface area contributed by atoms with Crippen molar-refractivity contribution in [2.75, 3.05) is 13.7 Å². The largest absolute Gasteiger partial charge is 0.497 e. The van der Waals surface area contributed by atoms with E-state index in [9.17, 15) is 14.4 Å². The summed E-state index contributed by atoms with van der Waals surface area (Å²) in [4.78, 5) is 45.7. The molecule has 33 heavy (non-hydrogen) atoms. The zero-order valence-corrected chi connectivity index (χ0v) is 17.9. The smallest absolute Gasteiger partial charge is 0.296 e. The van der Waals surface area contributed by atoms with Crippen molar-refractivity contribution in [2.24, 2.45) is 9.98 Å². The number of nitrogens with one attached hydrogen (secondary N) is 1. The minimum absolute atomic E-state index is 0.0524. The number of hydrogen-bond donors (Lipinski definition) is 1. The molecule has 0 atom stereocenters. The van der Waals surface area contributed by atoms with Crippen molar-refractivity contribution in [1.82, 2.24) is 5.32 Å². The van der Waals surface area contributed by atoms with E-state index in [1.807, 2.05) is 30.3 Å². The number of allylic oxidation sites excluding steroid dienone is 1. The van der Waals surface area contributed by atoms with E-state index in [1.165, 1.54) is 19.3 Å². The fourth-order valence-electron chi connectivity index (χ4n) is 3.32. The van der Waals surface area contributed by atoms with Gasteiger partial charge in [-0.15, -0.1) is 0 Å². The topological polar surface area (TPSA) is 97.2 Å². The molecule has 0 spiro atoms. The lowest BCUT2D eigenvalue weighted by Crippen LogP contribution is -2.34. The molecule has 7 nitrogen and oxygen atoms in total. The Morgan fingerprint density at radius 1 is 0.909 bits per heavy atom. The monoisotopic (exact) mass is 439 g/mol. The Hall–Kier alpha value is -4.39. The molecule has 1 heterocycles. The van der Waals surface area contributed by atoms with Crippen molar-refractivity contribution >= 4 is 17.6 Å². The first-order chi connectivity index (χ1) is 16.0. The van der Waals surface area contributed by atoms with E-state index in [-0.39, 0.29) is 17.4 Å². The van der Waals surface area contributed by atoms with Crippen LogP contribution < -0.4 is 20.8 Å². The highest BCUT2D eigenvalue weighted by Crippen LogP contribution is 2.13. The number of methoxy groups -OCH3 is 1. The normalized spacial score (nSPS) is 13.5. The maximum absolute atomic E-state index is 12.5. The highest BCUT2D eigenvalue weighted by atomic mass is 16.5. The van der Waals surface area contributed by atoms with Gasteiger partial charge in [0.15, 0.2) is 5.78 Å². The van der Waals surface area contributed by atoms with Crippen LogP contribution in [0.3, 0.4) is 0 Å². The number of hydrogen-bond acceptors (Lipinski definition) is 5. The van der Waals surface area contributed by atoms with Crippen LogP contribution >= 0.6 is 0 Å². The molecule has 2 amide bonds. The van der Waals surface area contributed by atoms with E-state index in [1.54, 1.807) is 36.4 Å². The highest BCUT2D eigenvalue weighted by molar-refractivity contribution is 6.09. The molecular weight excluding hydrogens is 418 g/mol. The summed E-state index contributed by atoms with van der Waals surface area (Å²) >= 11 is 0. The molecule has 0 unspecified atom stereocenters. The quantitative estimate of drug-likeness (QED) is 0.451. The minimum Gasteiger partial charge on any atom is -0.497 e. The van der Waals surface area contributed by atoms with Crippen LogP contribution in [-0.2, 0) is 11.2 Å². The predicted octanol–water partition coefficient (Wildman–Crippen LogP) is 2.21. The van der Waals surface area contributed by atoms with E-state index in [0.29, 0.717) is 40.6 Å². The molecule has 7 heteroatoms. The van der Waals surface area contributed by atoms with Crippen LogP contribution in [0.2, 0.25) is 0 Å². The van der Waals surface area contributed by atoms with Gasteiger partial charge in [0, 0.05) is 23.7 Å². The summed E-state index contributed by atoms with van der Waals surface area (Å²) in [5.74, 6) is -0.627. The Morgan fingerprint density at radius 2 is 1.64 bits per heavy atom. The molecule has 0 saturated carbocycles. The van der Waals surface area contributed by atoms with Gasteiger partial charge >= 0.3 is 0 Å². The first kappa shape index (κ1) is 21.8. The van der Waals surface area contributed by atoms with Gasteiger partial charge in [0.1, 0.15) is 11.4 Å². The maximum atomic E-state index is 12.5. The number of benzene rings is 3. The number of ketones is 1. The lowest BCUT2D eigenvalue weighted by atomic mass is 10.1. The zero-order valence-electron chi connectivity index (χ0n) is 17.9.